The Morgan fingerprint density at radius 3 is 3.04 bits per heavy atom. The van der Waals surface area contributed by atoms with E-state index >= 15 is 0 Å². The fourth-order valence-corrected chi connectivity index (χ4v) is 3.24. The number of likely N-dealkylation sites (N-methyl/N-ethyl adjacent to an activating group) is 1. The first kappa shape index (κ1) is 16.3. The molecule has 0 radical (unpaired) electrons. The predicted molar refractivity (Wildman–Crippen MR) is 83.8 cm³/mol. The zero-order valence-electron chi connectivity index (χ0n) is 14.0. The van der Waals surface area contributed by atoms with Gasteiger partial charge in [-0.05, 0) is 6.92 Å². The van der Waals surface area contributed by atoms with Gasteiger partial charge in [-0.1, -0.05) is 0 Å². The maximum Gasteiger partial charge on any atom is 0.251 e. The van der Waals surface area contributed by atoms with Crippen molar-refractivity contribution in [2.75, 3.05) is 40.4 Å². The van der Waals surface area contributed by atoms with Gasteiger partial charge in [-0.2, -0.15) is 0 Å². The van der Waals surface area contributed by atoms with Gasteiger partial charge in [0.15, 0.2) is 0 Å². The van der Waals surface area contributed by atoms with Crippen LogP contribution in [0, 0.1) is 6.92 Å². The summed E-state index contributed by atoms with van der Waals surface area (Å²) in [6.45, 7) is 5.40. The highest BCUT2D eigenvalue weighted by Crippen LogP contribution is 2.32. The largest absolute Gasteiger partial charge is 0.370 e. The first-order valence-electron chi connectivity index (χ1n) is 7.94. The summed E-state index contributed by atoms with van der Waals surface area (Å²) in [4.78, 5) is 24.7. The monoisotopic (exact) mass is 320 g/mol. The second-order valence-electron chi connectivity index (χ2n) is 6.63. The number of morpholine rings is 1. The summed E-state index contributed by atoms with van der Waals surface area (Å²) >= 11 is 0. The first-order chi connectivity index (χ1) is 11.0. The van der Waals surface area contributed by atoms with Crippen molar-refractivity contribution in [3.05, 3.63) is 23.8 Å². The molecular formula is C16H24N4O3. The van der Waals surface area contributed by atoms with Crippen molar-refractivity contribution in [3.8, 4) is 0 Å². The first-order valence-corrected chi connectivity index (χ1v) is 7.94. The number of hydrogen-bond acceptors (Lipinski definition) is 6. The lowest BCUT2D eigenvalue weighted by molar-refractivity contribution is -0.138. The topological polar surface area (TPSA) is 67.8 Å². The Morgan fingerprint density at radius 2 is 2.30 bits per heavy atom. The number of nitrogens with zero attached hydrogens (tertiary/aromatic N) is 4. The zero-order valence-corrected chi connectivity index (χ0v) is 14.0. The molecule has 2 atom stereocenters. The molecule has 1 amide bonds. The third-order valence-electron chi connectivity index (χ3n) is 4.34. The van der Waals surface area contributed by atoms with Crippen LogP contribution >= 0.6 is 0 Å². The summed E-state index contributed by atoms with van der Waals surface area (Å²) in [6.07, 6.45) is 3.77. The van der Waals surface area contributed by atoms with E-state index in [4.69, 9.17) is 9.47 Å². The van der Waals surface area contributed by atoms with E-state index in [-0.39, 0.29) is 11.5 Å². The van der Waals surface area contributed by atoms with E-state index in [1.807, 2.05) is 6.92 Å². The number of rotatable bonds is 3. The lowest BCUT2D eigenvalue weighted by Crippen LogP contribution is -2.52. The molecule has 7 heteroatoms. The van der Waals surface area contributed by atoms with Gasteiger partial charge in [-0.25, -0.2) is 0 Å². The van der Waals surface area contributed by atoms with Crippen LogP contribution in [0.1, 0.15) is 17.8 Å². The smallest absolute Gasteiger partial charge is 0.251 e. The molecule has 2 aliphatic rings. The maximum absolute atomic E-state index is 12.1. The molecule has 0 aliphatic carbocycles. The summed E-state index contributed by atoms with van der Waals surface area (Å²) in [5.41, 5.74) is 1.50. The van der Waals surface area contributed by atoms with Gasteiger partial charge >= 0.3 is 0 Å². The second kappa shape index (κ2) is 6.51. The summed E-state index contributed by atoms with van der Waals surface area (Å²) in [7, 11) is 3.50. The predicted octanol–water partition coefficient (Wildman–Crippen LogP) is 0.233. The third kappa shape index (κ3) is 3.68. The fourth-order valence-electron chi connectivity index (χ4n) is 3.24. The van der Waals surface area contributed by atoms with Crippen LogP contribution in [-0.2, 0) is 20.8 Å². The number of amides is 1. The van der Waals surface area contributed by atoms with Crippen molar-refractivity contribution in [1.82, 2.24) is 19.8 Å². The standard InChI is InChI=1S/C16H24N4O3/c1-12-7-17-8-13(18-12)9-20-4-5-23-16(10-20)6-14(22-11-16)15(21)19(2)3/h7-8,14H,4-6,9-11H2,1-3H3. The molecule has 23 heavy (non-hydrogen) atoms. The molecular weight excluding hydrogens is 296 g/mol. The molecule has 2 aliphatic heterocycles. The van der Waals surface area contributed by atoms with Gasteiger partial charge in [0.2, 0.25) is 0 Å². The maximum atomic E-state index is 12.1. The fraction of sp³-hybridized carbons (Fsp3) is 0.688. The number of ether oxygens (including phenoxy) is 2. The van der Waals surface area contributed by atoms with Crippen LogP contribution in [0.15, 0.2) is 12.4 Å². The number of carbonyl (C=O) groups is 1. The van der Waals surface area contributed by atoms with E-state index in [1.54, 1.807) is 31.4 Å². The van der Waals surface area contributed by atoms with Crippen LogP contribution in [0.4, 0.5) is 0 Å². The number of carbonyl (C=O) groups excluding carboxylic acids is 1. The van der Waals surface area contributed by atoms with Crippen LogP contribution in [0.2, 0.25) is 0 Å². The molecule has 126 valence electrons. The third-order valence-corrected chi connectivity index (χ3v) is 4.34. The minimum atomic E-state index is -0.399. The van der Waals surface area contributed by atoms with Crippen LogP contribution in [0.25, 0.3) is 0 Å². The van der Waals surface area contributed by atoms with Crippen molar-refractivity contribution < 1.29 is 14.3 Å². The van der Waals surface area contributed by atoms with Gasteiger partial charge in [0.1, 0.15) is 11.7 Å². The highest BCUT2D eigenvalue weighted by atomic mass is 16.6. The Labute approximate surface area is 136 Å². The van der Waals surface area contributed by atoms with E-state index in [0.717, 1.165) is 31.0 Å². The quantitative estimate of drug-likeness (QED) is 0.794. The molecule has 1 aromatic rings. The normalized spacial score (nSPS) is 28.2. The molecule has 2 unspecified atom stereocenters. The minimum Gasteiger partial charge on any atom is -0.370 e. The summed E-state index contributed by atoms with van der Waals surface area (Å²) in [6, 6.07) is 0. The molecule has 1 aromatic heterocycles. The molecule has 0 N–H and O–H groups in total. The van der Waals surface area contributed by atoms with Gasteiger partial charge in [0.25, 0.3) is 5.91 Å². The van der Waals surface area contributed by atoms with Gasteiger partial charge in [0, 0.05) is 52.5 Å². The van der Waals surface area contributed by atoms with E-state index in [2.05, 4.69) is 14.9 Å². The highest BCUT2D eigenvalue weighted by Gasteiger charge is 2.47. The van der Waals surface area contributed by atoms with Crippen LogP contribution < -0.4 is 0 Å². The summed E-state index contributed by atoms with van der Waals surface area (Å²) in [5.74, 6) is 0.00662. The van der Waals surface area contributed by atoms with Gasteiger partial charge in [0.05, 0.1) is 24.6 Å². The van der Waals surface area contributed by atoms with E-state index in [1.165, 1.54) is 0 Å². The molecule has 3 heterocycles. The number of aryl methyl sites for hydroxylation is 1. The number of aromatic nitrogens is 2. The van der Waals surface area contributed by atoms with Crippen LogP contribution in [0.5, 0.6) is 0 Å². The SMILES string of the molecule is Cc1cncc(CN2CCOC3(COC(C(=O)N(C)C)C3)C2)n1. The van der Waals surface area contributed by atoms with Gasteiger partial charge in [-0.15, -0.1) is 0 Å². The van der Waals surface area contributed by atoms with E-state index < -0.39 is 6.10 Å². The Morgan fingerprint density at radius 1 is 1.48 bits per heavy atom. The average molecular weight is 320 g/mol. The lowest BCUT2D eigenvalue weighted by atomic mass is 9.97. The molecule has 3 rings (SSSR count). The Kier molecular flexibility index (Phi) is 4.61. The van der Waals surface area contributed by atoms with Crippen molar-refractivity contribution >= 4 is 5.91 Å². The minimum absolute atomic E-state index is 0.00662. The zero-order chi connectivity index (χ0) is 16.4. The van der Waals surface area contributed by atoms with Gasteiger partial charge in [-0.3, -0.25) is 19.7 Å². The molecule has 0 aromatic carbocycles. The van der Waals surface area contributed by atoms with Crippen molar-refractivity contribution in [3.63, 3.8) is 0 Å². The van der Waals surface area contributed by atoms with Crippen LogP contribution in [0.3, 0.4) is 0 Å². The second-order valence-corrected chi connectivity index (χ2v) is 6.63. The van der Waals surface area contributed by atoms with Gasteiger partial charge < -0.3 is 14.4 Å². The Balaban J connectivity index is 1.63. The molecule has 0 saturated carbocycles. The number of hydrogen-bond donors (Lipinski definition) is 0. The summed E-state index contributed by atoms with van der Waals surface area (Å²) in [5, 5.41) is 0. The molecule has 0 bridgehead atoms. The van der Waals surface area contributed by atoms with E-state index in [9.17, 15) is 4.79 Å². The van der Waals surface area contributed by atoms with Crippen LogP contribution in [-0.4, -0.2) is 77.8 Å². The molecule has 7 nitrogen and oxygen atoms in total. The summed E-state index contributed by atoms with van der Waals surface area (Å²) < 4.78 is 11.7. The molecule has 2 saturated heterocycles. The Hall–Kier alpha value is -1.57. The van der Waals surface area contributed by atoms with Crippen molar-refractivity contribution in [1.29, 1.82) is 0 Å². The van der Waals surface area contributed by atoms with E-state index in [0.29, 0.717) is 19.6 Å². The van der Waals surface area contributed by atoms with Crippen molar-refractivity contribution in [2.45, 2.75) is 31.6 Å². The Bertz CT molecular complexity index is 580. The molecule has 1 spiro atoms. The average Bonchev–Trinajstić information content (AvgIpc) is 2.90. The highest BCUT2D eigenvalue weighted by molar-refractivity contribution is 5.80. The van der Waals surface area contributed by atoms with Crippen molar-refractivity contribution in [2.24, 2.45) is 0 Å². The lowest BCUT2D eigenvalue weighted by Gasteiger charge is -2.39. The molecule has 2 fully saturated rings.